The summed E-state index contributed by atoms with van der Waals surface area (Å²) < 4.78 is 24.0. The number of carbonyl (C=O) groups is 1. The molecule has 0 bridgehead atoms. The maximum Gasteiger partial charge on any atom is 0.325 e. The van der Waals surface area contributed by atoms with Crippen LogP contribution in [0.15, 0.2) is 18.2 Å². The average Bonchev–Trinajstić information content (AvgIpc) is 2.42. The van der Waals surface area contributed by atoms with Crippen LogP contribution in [0.5, 0.6) is 5.75 Å². The van der Waals surface area contributed by atoms with Crippen LogP contribution in [-0.4, -0.2) is 24.7 Å². The van der Waals surface area contributed by atoms with Crippen LogP contribution in [0.1, 0.15) is 31.2 Å². The summed E-state index contributed by atoms with van der Waals surface area (Å²) in [5, 5.41) is 0. The van der Waals surface area contributed by atoms with E-state index in [1.165, 1.54) is 13.2 Å². The van der Waals surface area contributed by atoms with Crippen molar-refractivity contribution < 1.29 is 18.7 Å². The number of hydrogen-bond acceptors (Lipinski definition) is 4. The van der Waals surface area contributed by atoms with Gasteiger partial charge in [-0.2, -0.15) is 0 Å². The Morgan fingerprint density at radius 3 is 2.90 bits per heavy atom. The minimum Gasteiger partial charge on any atom is -0.490 e. The first-order chi connectivity index (χ1) is 9.44. The zero-order valence-electron chi connectivity index (χ0n) is 11.8. The summed E-state index contributed by atoms with van der Waals surface area (Å²) in [5.74, 6) is -0.251. The van der Waals surface area contributed by atoms with Gasteiger partial charge in [-0.25, -0.2) is 4.39 Å². The number of ether oxygens (including phenoxy) is 2. The maximum absolute atomic E-state index is 13.5. The third-order valence-corrected chi connectivity index (χ3v) is 3.78. The van der Waals surface area contributed by atoms with Crippen molar-refractivity contribution in [2.24, 2.45) is 5.73 Å². The second-order valence-electron chi connectivity index (χ2n) is 5.39. The zero-order chi connectivity index (χ0) is 14.8. The number of esters is 1. The predicted octanol–water partition coefficient (Wildman–Crippen LogP) is 2.33. The minimum absolute atomic E-state index is 0.199. The Labute approximate surface area is 118 Å². The Kier molecular flexibility index (Phi) is 4.28. The molecule has 0 heterocycles. The van der Waals surface area contributed by atoms with Crippen molar-refractivity contribution in [1.29, 1.82) is 0 Å². The molecular formula is C15H20FNO3. The van der Waals surface area contributed by atoms with Crippen LogP contribution < -0.4 is 10.5 Å². The van der Waals surface area contributed by atoms with Crippen molar-refractivity contribution in [1.82, 2.24) is 0 Å². The van der Waals surface area contributed by atoms with Crippen LogP contribution in [-0.2, 0) is 9.53 Å². The first-order valence-electron chi connectivity index (χ1n) is 6.75. The van der Waals surface area contributed by atoms with Gasteiger partial charge in [-0.05, 0) is 37.8 Å². The van der Waals surface area contributed by atoms with Crippen LogP contribution >= 0.6 is 0 Å². The Bertz CT molecular complexity index is 506. The van der Waals surface area contributed by atoms with Gasteiger partial charge in [0.25, 0.3) is 0 Å². The van der Waals surface area contributed by atoms with E-state index in [0.29, 0.717) is 24.2 Å². The molecule has 2 rings (SSSR count). The van der Waals surface area contributed by atoms with E-state index in [1.807, 2.05) is 0 Å². The first kappa shape index (κ1) is 14.8. The number of nitrogens with two attached hydrogens (primary N) is 1. The molecule has 1 aromatic rings. The first-order valence-corrected chi connectivity index (χ1v) is 6.75. The molecule has 0 saturated heterocycles. The Morgan fingerprint density at radius 2 is 2.25 bits per heavy atom. The number of benzene rings is 1. The molecule has 1 aliphatic rings. The van der Waals surface area contributed by atoms with Crippen molar-refractivity contribution in [2.75, 3.05) is 7.11 Å². The van der Waals surface area contributed by atoms with Gasteiger partial charge in [-0.15, -0.1) is 0 Å². The van der Waals surface area contributed by atoms with Crippen LogP contribution in [0.2, 0.25) is 0 Å². The van der Waals surface area contributed by atoms with E-state index in [2.05, 4.69) is 0 Å². The summed E-state index contributed by atoms with van der Waals surface area (Å²) in [6.45, 7) is 1.70. The SMILES string of the molecule is COC(=O)C1(N)CCCC(Oc2ccc(C)c(F)c2)C1. The third-order valence-electron chi connectivity index (χ3n) is 3.78. The monoisotopic (exact) mass is 281 g/mol. The van der Waals surface area contributed by atoms with Gasteiger partial charge in [0.1, 0.15) is 23.2 Å². The number of hydrogen-bond donors (Lipinski definition) is 1. The lowest BCUT2D eigenvalue weighted by Gasteiger charge is -2.35. The van der Waals surface area contributed by atoms with E-state index in [9.17, 15) is 9.18 Å². The van der Waals surface area contributed by atoms with E-state index in [-0.39, 0.29) is 11.9 Å². The highest BCUT2D eigenvalue weighted by Gasteiger charge is 2.41. The molecule has 2 unspecified atom stereocenters. The van der Waals surface area contributed by atoms with Crippen LogP contribution in [0.4, 0.5) is 4.39 Å². The lowest BCUT2D eigenvalue weighted by atomic mass is 9.81. The number of aryl methyl sites for hydroxylation is 1. The summed E-state index contributed by atoms with van der Waals surface area (Å²) in [6.07, 6.45) is 2.35. The van der Waals surface area contributed by atoms with Gasteiger partial charge in [0.2, 0.25) is 0 Å². The Hall–Kier alpha value is -1.62. The second kappa shape index (κ2) is 5.79. The van der Waals surface area contributed by atoms with Crippen molar-refractivity contribution in [3.05, 3.63) is 29.6 Å². The van der Waals surface area contributed by atoms with Gasteiger partial charge in [0.05, 0.1) is 7.11 Å². The van der Waals surface area contributed by atoms with E-state index in [1.54, 1.807) is 19.1 Å². The smallest absolute Gasteiger partial charge is 0.325 e. The largest absolute Gasteiger partial charge is 0.490 e. The van der Waals surface area contributed by atoms with E-state index in [4.69, 9.17) is 15.2 Å². The molecule has 1 aliphatic carbocycles. The second-order valence-corrected chi connectivity index (χ2v) is 5.39. The fourth-order valence-corrected chi connectivity index (χ4v) is 2.58. The third kappa shape index (κ3) is 3.10. The molecule has 1 aromatic carbocycles. The molecule has 20 heavy (non-hydrogen) atoms. The molecule has 0 aromatic heterocycles. The van der Waals surface area contributed by atoms with Gasteiger partial charge in [-0.3, -0.25) is 4.79 Å². The van der Waals surface area contributed by atoms with Crippen molar-refractivity contribution >= 4 is 5.97 Å². The lowest BCUT2D eigenvalue weighted by Crippen LogP contribution is -2.54. The topological polar surface area (TPSA) is 61.5 Å². The molecule has 4 nitrogen and oxygen atoms in total. The molecule has 1 saturated carbocycles. The minimum atomic E-state index is -0.999. The average molecular weight is 281 g/mol. The van der Waals surface area contributed by atoms with Gasteiger partial charge in [0.15, 0.2) is 0 Å². The van der Waals surface area contributed by atoms with E-state index >= 15 is 0 Å². The van der Waals surface area contributed by atoms with Crippen LogP contribution in [0, 0.1) is 12.7 Å². The Morgan fingerprint density at radius 1 is 1.50 bits per heavy atom. The van der Waals surface area contributed by atoms with Crippen LogP contribution in [0.25, 0.3) is 0 Å². The molecule has 110 valence electrons. The number of carbonyl (C=O) groups excluding carboxylic acids is 1. The van der Waals surface area contributed by atoms with Gasteiger partial charge in [-0.1, -0.05) is 6.07 Å². The van der Waals surface area contributed by atoms with E-state index in [0.717, 1.165) is 12.8 Å². The molecule has 0 amide bonds. The summed E-state index contributed by atoms with van der Waals surface area (Å²) >= 11 is 0. The van der Waals surface area contributed by atoms with Gasteiger partial charge < -0.3 is 15.2 Å². The fraction of sp³-hybridized carbons (Fsp3) is 0.533. The highest BCUT2D eigenvalue weighted by Crippen LogP contribution is 2.30. The summed E-state index contributed by atoms with van der Waals surface area (Å²) in [6, 6.07) is 4.76. The number of halogens is 1. The van der Waals surface area contributed by atoms with Crippen molar-refractivity contribution in [2.45, 2.75) is 44.2 Å². The zero-order valence-corrected chi connectivity index (χ0v) is 11.8. The molecule has 5 heteroatoms. The standard InChI is InChI=1S/C15H20FNO3/c1-10-5-6-11(8-13(10)16)20-12-4-3-7-15(17,9-12)14(18)19-2/h5-6,8,12H,3-4,7,9,17H2,1-2H3. The lowest BCUT2D eigenvalue weighted by molar-refractivity contribution is -0.149. The van der Waals surface area contributed by atoms with Gasteiger partial charge in [0, 0.05) is 12.5 Å². The molecule has 1 fully saturated rings. The normalized spacial score (nSPS) is 26.1. The molecule has 2 atom stereocenters. The number of methoxy groups -OCH3 is 1. The molecule has 2 N–H and O–H groups in total. The highest BCUT2D eigenvalue weighted by atomic mass is 19.1. The van der Waals surface area contributed by atoms with Gasteiger partial charge >= 0.3 is 5.97 Å². The highest BCUT2D eigenvalue weighted by molar-refractivity contribution is 5.80. The predicted molar refractivity (Wildman–Crippen MR) is 73.0 cm³/mol. The number of rotatable bonds is 3. The van der Waals surface area contributed by atoms with E-state index < -0.39 is 11.5 Å². The van der Waals surface area contributed by atoms with Crippen molar-refractivity contribution in [3.8, 4) is 5.75 Å². The molecule has 0 aliphatic heterocycles. The quantitative estimate of drug-likeness (QED) is 0.864. The maximum atomic E-state index is 13.5. The summed E-state index contributed by atoms with van der Waals surface area (Å²) in [7, 11) is 1.33. The van der Waals surface area contributed by atoms with Crippen LogP contribution in [0.3, 0.4) is 0 Å². The molecule has 0 spiro atoms. The summed E-state index contributed by atoms with van der Waals surface area (Å²) in [5.41, 5.74) is 5.66. The molecule has 0 radical (unpaired) electrons. The van der Waals surface area contributed by atoms with Crippen molar-refractivity contribution in [3.63, 3.8) is 0 Å². The summed E-state index contributed by atoms with van der Waals surface area (Å²) in [4.78, 5) is 11.7. The molecular weight excluding hydrogens is 261 g/mol. The Balaban J connectivity index is 2.06. The fourth-order valence-electron chi connectivity index (χ4n) is 2.58.